The van der Waals surface area contributed by atoms with Crippen molar-refractivity contribution in [2.45, 2.75) is 6.92 Å². The first kappa shape index (κ1) is 12.4. The van der Waals surface area contributed by atoms with Crippen LogP contribution in [0, 0.1) is 6.92 Å². The van der Waals surface area contributed by atoms with E-state index in [4.69, 9.17) is 5.73 Å². The second kappa shape index (κ2) is 4.48. The van der Waals surface area contributed by atoms with Crippen molar-refractivity contribution in [3.63, 3.8) is 0 Å². The zero-order chi connectivity index (χ0) is 14.3. The van der Waals surface area contributed by atoms with Crippen LogP contribution in [-0.4, -0.2) is 33.6 Å². The molecule has 0 saturated carbocycles. The number of anilines is 2. The molecular formula is C14H16N6. The Morgan fingerprint density at radius 2 is 2.00 bits per heavy atom. The highest BCUT2D eigenvalue weighted by Gasteiger charge is 2.12. The zero-order valence-electron chi connectivity index (χ0n) is 11.7. The first-order valence-electron chi connectivity index (χ1n) is 6.30. The highest BCUT2D eigenvalue weighted by atomic mass is 15.2. The van der Waals surface area contributed by atoms with Crippen LogP contribution in [0.2, 0.25) is 0 Å². The summed E-state index contributed by atoms with van der Waals surface area (Å²) in [5.74, 6) is 1.08. The van der Waals surface area contributed by atoms with Gasteiger partial charge in [-0.15, -0.1) is 0 Å². The number of aryl methyl sites for hydroxylation is 1. The molecule has 0 fully saturated rings. The van der Waals surface area contributed by atoms with Crippen LogP contribution in [0.3, 0.4) is 0 Å². The van der Waals surface area contributed by atoms with Crippen molar-refractivity contribution in [2.24, 2.45) is 0 Å². The SMILES string of the molecule is Cc1cncc(-n2ccc3c(N)nc(N(C)C)nc32)c1. The van der Waals surface area contributed by atoms with Crippen molar-refractivity contribution in [1.29, 1.82) is 0 Å². The van der Waals surface area contributed by atoms with Crippen LogP contribution in [0.4, 0.5) is 11.8 Å². The van der Waals surface area contributed by atoms with Gasteiger partial charge in [0.2, 0.25) is 5.95 Å². The van der Waals surface area contributed by atoms with Gasteiger partial charge in [-0.25, -0.2) is 0 Å². The minimum Gasteiger partial charge on any atom is -0.383 e. The van der Waals surface area contributed by atoms with Crippen molar-refractivity contribution in [3.05, 3.63) is 36.3 Å². The van der Waals surface area contributed by atoms with Crippen LogP contribution < -0.4 is 10.6 Å². The molecule has 6 heteroatoms. The summed E-state index contributed by atoms with van der Waals surface area (Å²) >= 11 is 0. The molecule has 0 radical (unpaired) electrons. The predicted molar refractivity (Wildman–Crippen MR) is 80.1 cm³/mol. The number of nitrogens with two attached hydrogens (primary N) is 1. The van der Waals surface area contributed by atoms with Crippen LogP contribution in [0.15, 0.2) is 30.7 Å². The molecule has 2 N–H and O–H groups in total. The fourth-order valence-electron chi connectivity index (χ4n) is 2.10. The van der Waals surface area contributed by atoms with Gasteiger partial charge in [0.15, 0.2) is 5.65 Å². The smallest absolute Gasteiger partial charge is 0.228 e. The van der Waals surface area contributed by atoms with Gasteiger partial charge in [-0.05, 0) is 24.6 Å². The maximum absolute atomic E-state index is 6.01. The Morgan fingerprint density at radius 3 is 2.70 bits per heavy atom. The average Bonchev–Trinajstić information content (AvgIpc) is 2.83. The first-order valence-corrected chi connectivity index (χ1v) is 6.30. The van der Waals surface area contributed by atoms with Gasteiger partial charge in [-0.2, -0.15) is 9.97 Å². The van der Waals surface area contributed by atoms with E-state index in [0.29, 0.717) is 11.8 Å². The number of hydrogen-bond donors (Lipinski definition) is 1. The van der Waals surface area contributed by atoms with Crippen LogP contribution in [0.25, 0.3) is 16.7 Å². The average molecular weight is 268 g/mol. The first-order chi connectivity index (χ1) is 9.56. The van der Waals surface area contributed by atoms with Crippen molar-refractivity contribution < 1.29 is 0 Å². The van der Waals surface area contributed by atoms with E-state index < -0.39 is 0 Å². The lowest BCUT2D eigenvalue weighted by Crippen LogP contribution is -2.14. The van der Waals surface area contributed by atoms with Gasteiger partial charge >= 0.3 is 0 Å². The Labute approximate surface area is 116 Å². The maximum Gasteiger partial charge on any atom is 0.228 e. The molecule has 0 aliphatic rings. The number of fused-ring (bicyclic) bond motifs is 1. The van der Waals surface area contributed by atoms with E-state index in [9.17, 15) is 0 Å². The molecular weight excluding hydrogens is 252 g/mol. The summed E-state index contributed by atoms with van der Waals surface area (Å²) in [6.45, 7) is 2.01. The number of pyridine rings is 1. The Morgan fingerprint density at radius 1 is 1.20 bits per heavy atom. The van der Waals surface area contributed by atoms with E-state index in [-0.39, 0.29) is 0 Å². The maximum atomic E-state index is 6.01. The van der Waals surface area contributed by atoms with Gasteiger partial charge < -0.3 is 10.6 Å². The lowest BCUT2D eigenvalue weighted by Gasteiger charge is -2.12. The molecule has 0 aliphatic heterocycles. The molecule has 0 atom stereocenters. The predicted octanol–water partition coefficient (Wildman–Crippen LogP) is 1.77. The molecule has 0 aliphatic carbocycles. The van der Waals surface area contributed by atoms with E-state index >= 15 is 0 Å². The Kier molecular flexibility index (Phi) is 2.78. The Hall–Kier alpha value is -2.63. The molecule has 3 aromatic rings. The van der Waals surface area contributed by atoms with Crippen molar-refractivity contribution in [2.75, 3.05) is 24.7 Å². The van der Waals surface area contributed by atoms with Gasteiger partial charge in [0.1, 0.15) is 5.82 Å². The van der Waals surface area contributed by atoms with Gasteiger partial charge in [-0.3, -0.25) is 9.55 Å². The second-order valence-electron chi connectivity index (χ2n) is 4.95. The largest absolute Gasteiger partial charge is 0.383 e. The molecule has 6 nitrogen and oxygen atoms in total. The minimum atomic E-state index is 0.484. The summed E-state index contributed by atoms with van der Waals surface area (Å²) in [6, 6.07) is 3.98. The van der Waals surface area contributed by atoms with Gasteiger partial charge in [-0.1, -0.05) is 0 Å². The topological polar surface area (TPSA) is 72.9 Å². The molecule has 20 heavy (non-hydrogen) atoms. The third kappa shape index (κ3) is 1.95. The number of rotatable bonds is 2. The Bertz CT molecular complexity index is 774. The number of nitrogen functional groups attached to an aromatic ring is 1. The quantitative estimate of drug-likeness (QED) is 0.767. The number of aromatic nitrogens is 4. The van der Waals surface area contributed by atoms with Crippen LogP contribution in [-0.2, 0) is 0 Å². The molecule has 3 heterocycles. The molecule has 0 spiro atoms. The number of hydrogen-bond acceptors (Lipinski definition) is 5. The fraction of sp³-hybridized carbons (Fsp3) is 0.214. The Balaban J connectivity index is 2.27. The van der Waals surface area contributed by atoms with Crippen molar-refractivity contribution in [1.82, 2.24) is 19.5 Å². The van der Waals surface area contributed by atoms with E-state index in [1.54, 1.807) is 6.20 Å². The molecule has 3 aromatic heterocycles. The summed E-state index contributed by atoms with van der Waals surface area (Å²) in [5, 5.41) is 0.845. The normalized spacial score (nSPS) is 10.9. The molecule has 0 saturated heterocycles. The van der Waals surface area contributed by atoms with Gasteiger partial charge in [0.05, 0.1) is 17.3 Å². The monoisotopic (exact) mass is 268 g/mol. The summed E-state index contributed by atoms with van der Waals surface area (Å²) < 4.78 is 1.97. The lowest BCUT2D eigenvalue weighted by molar-refractivity contribution is 0.994. The van der Waals surface area contributed by atoms with E-state index in [2.05, 4.69) is 21.0 Å². The summed E-state index contributed by atoms with van der Waals surface area (Å²) in [4.78, 5) is 14.9. The van der Waals surface area contributed by atoms with Crippen molar-refractivity contribution >= 4 is 22.8 Å². The van der Waals surface area contributed by atoms with E-state index in [1.165, 1.54) is 0 Å². The molecule has 0 aromatic carbocycles. The lowest BCUT2D eigenvalue weighted by atomic mass is 10.3. The molecule has 0 amide bonds. The molecule has 0 unspecified atom stereocenters. The highest BCUT2D eigenvalue weighted by Crippen LogP contribution is 2.24. The zero-order valence-corrected chi connectivity index (χ0v) is 11.7. The van der Waals surface area contributed by atoms with Gasteiger partial charge in [0.25, 0.3) is 0 Å². The third-order valence-electron chi connectivity index (χ3n) is 3.10. The molecule has 102 valence electrons. The third-order valence-corrected chi connectivity index (χ3v) is 3.10. The van der Waals surface area contributed by atoms with E-state index in [0.717, 1.165) is 22.3 Å². The van der Waals surface area contributed by atoms with Crippen LogP contribution in [0.5, 0.6) is 0 Å². The van der Waals surface area contributed by atoms with E-state index in [1.807, 2.05) is 48.9 Å². The van der Waals surface area contributed by atoms with Gasteiger partial charge in [0, 0.05) is 26.5 Å². The second-order valence-corrected chi connectivity index (χ2v) is 4.95. The summed E-state index contributed by atoms with van der Waals surface area (Å²) in [5.41, 5.74) is 8.85. The summed E-state index contributed by atoms with van der Waals surface area (Å²) in [7, 11) is 3.78. The van der Waals surface area contributed by atoms with Crippen LogP contribution >= 0.6 is 0 Å². The van der Waals surface area contributed by atoms with Crippen LogP contribution in [0.1, 0.15) is 5.56 Å². The highest BCUT2D eigenvalue weighted by molar-refractivity contribution is 5.88. The van der Waals surface area contributed by atoms with Crippen molar-refractivity contribution in [3.8, 4) is 5.69 Å². The minimum absolute atomic E-state index is 0.484. The molecule has 0 bridgehead atoms. The molecule has 3 rings (SSSR count). The fourth-order valence-corrected chi connectivity index (χ4v) is 2.10. The number of nitrogens with zero attached hydrogens (tertiary/aromatic N) is 5. The standard InChI is InChI=1S/C14H16N6/c1-9-6-10(8-16-7-9)20-5-4-11-12(15)17-14(19(2)3)18-13(11)20/h4-8H,1-3H3,(H2,15,17,18). The summed E-state index contributed by atoms with van der Waals surface area (Å²) in [6.07, 6.45) is 5.56.